The van der Waals surface area contributed by atoms with Crippen LogP contribution in [0.2, 0.25) is 0 Å². The van der Waals surface area contributed by atoms with Crippen LogP contribution in [0.1, 0.15) is 25.8 Å². The maximum atomic E-state index is 12.2. The highest BCUT2D eigenvalue weighted by Crippen LogP contribution is 2.15. The smallest absolute Gasteiger partial charge is 0.272 e. The van der Waals surface area contributed by atoms with Gasteiger partial charge in [-0.25, -0.2) is 13.8 Å². The van der Waals surface area contributed by atoms with E-state index in [1.165, 1.54) is 6.20 Å². The Bertz CT molecular complexity index is 463. The zero-order valence-corrected chi connectivity index (χ0v) is 13.4. The van der Waals surface area contributed by atoms with Gasteiger partial charge >= 0.3 is 0 Å². The molecule has 0 bridgehead atoms. The predicted molar refractivity (Wildman–Crippen MR) is 82.3 cm³/mol. The van der Waals surface area contributed by atoms with Crippen LogP contribution in [0.5, 0.6) is 5.88 Å². The van der Waals surface area contributed by atoms with Gasteiger partial charge in [0.05, 0.1) is 6.04 Å². The van der Waals surface area contributed by atoms with Gasteiger partial charge in [0.25, 0.3) is 6.43 Å². The minimum absolute atomic E-state index is 0. The molecule has 0 saturated carbocycles. The first-order valence-electron chi connectivity index (χ1n) is 6.83. The number of rotatable bonds is 8. The highest BCUT2D eigenvalue weighted by Gasteiger charge is 2.19. The van der Waals surface area contributed by atoms with Crippen molar-refractivity contribution >= 4 is 18.3 Å². The molecule has 1 aromatic rings. The molecule has 0 aliphatic rings. The van der Waals surface area contributed by atoms with Gasteiger partial charge in [0.2, 0.25) is 11.8 Å². The Morgan fingerprint density at radius 2 is 2.18 bits per heavy atom. The molecule has 126 valence electrons. The van der Waals surface area contributed by atoms with Crippen LogP contribution in [0.25, 0.3) is 0 Å². The first-order chi connectivity index (χ1) is 9.95. The third-order valence-corrected chi connectivity index (χ3v) is 3.21. The van der Waals surface area contributed by atoms with E-state index in [0.29, 0.717) is 5.56 Å². The second-order valence-corrected chi connectivity index (χ2v) is 4.80. The third-order valence-electron chi connectivity index (χ3n) is 3.21. The molecule has 1 amide bonds. The standard InChI is InChI=1S/C14H21F2N3O2.ClH/c1-3-9(2)12(17)13(20)19-7-10-5-4-6-18-14(10)21-8-11(15)16;/h4-6,9,11-12H,3,7-8,17H2,1-2H3,(H,19,20);1H. The molecule has 3 N–H and O–H groups in total. The van der Waals surface area contributed by atoms with Crippen LogP contribution < -0.4 is 15.8 Å². The molecule has 0 aliphatic heterocycles. The maximum Gasteiger partial charge on any atom is 0.272 e. The molecule has 0 fully saturated rings. The number of pyridine rings is 1. The summed E-state index contributed by atoms with van der Waals surface area (Å²) < 4.78 is 29.2. The topological polar surface area (TPSA) is 77.2 Å². The molecule has 1 aromatic heterocycles. The Labute approximate surface area is 135 Å². The lowest BCUT2D eigenvalue weighted by atomic mass is 9.99. The van der Waals surface area contributed by atoms with Gasteiger partial charge in [-0.15, -0.1) is 12.4 Å². The van der Waals surface area contributed by atoms with E-state index in [4.69, 9.17) is 10.5 Å². The van der Waals surface area contributed by atoms with Crippen LogP contribution in [0, 0.1) is 5.92 Å². The van der Waals surface area contributed by atoms with Gasteiger partial charge in [-0.05, 0) is 12.0 Å². The molecule has 0 aliphatic carbocycles. The lowest BCUT2D eigenvalue weighted by Crippen LogP contribution is -2.44. The molecular formula is C14H22ClF2N3O2. The summed E-state index contributed by atoms with van der Waals surface area (Å²) in [6.45, 7) is 3.25. The van der Waals surface area contributed by atoms with E-state index in [1.54, 1.807) is 12.1 Å². The SMILES string of the molecule is CCC(C)C(N)C(=O)NCc1cccnc1OCC(F)F.Cl. The second-order valence-electron chi connectivity index (χ2n) is 4.80. The number of hydrogen-bond acceptors (Lipinski definition) is 4. The quantitative estimate of drug-likeness (QED) is 0.762. The largest absolute Gasteiger partial charge is 0.471 e. The molecular weight excluding hydrogens is 316 g/mol. The van der Waals surface area contributed by atoms with Crippen molar-refractivity contribution < 1.29 is 18.3 Å². The molecule has 0 radical (unpaired) electrons. The number of aromatic nitrogens is 1. The Kier molecular flexibility index (Phi) is 9.60. The number of nitrogens with one attached hydrogen (secondary N) is 1. The maximum absolute atomic E-state index is 12.2. The fourth-order valence-corrected chi connectivity index (χ4v) is 1.64. The second kappa shape index (κ2) is 10.3. The molecule has 2 unspecified atom stereocenters. The minimum Gasteiger partial charge on any atom is -0.471 e. The summed E-state index contributed by atoms with van der Waals surface area (Å²) in [6.07, 6.45) is -0.338. The highest BCUT2D eigenvalue weighted by atomic mass is 35.5. The van der Waals surface area contributed by atoms with Crippen LogP contribution in [-0.4, -0.2) is 30.0 Å². The summed E-state index contributed by atoms with van der Waals surface area (Å²) in [6, 6.07) is 2.70. The van der Waals surface area contributed by atoms with Gasteiger partial charge in [-0.2, -0.15) is 0 Å². The van der Waals surface area contributed by atoms with Crippen molar-refractivity contribution in [1.29, 1.82) is 0 Å². The van der Waals surface area contributed by atoms with E-state index in [2.05, 4.69) is 10.3 Å². The fraction of sp³-hybridized carbons (Fsp3) is 0.571. The number of carbonyl (C=O) groups is 1. The fourth-order valence-electron chi connectivity index (χ4n) is 1.64. The van der Waals surface area contributed by atoms with Crippen LogP contribution >= 0.6 is 12.4 Å². The van der Waals surface area contributed by atoms with Gasteiger partial charge < -0.3 is 15.8 Å². The van der Waals surface area contributed by atoms with E-state index in [1.807, 2.05) is 13.8 Å². The van der Waals surface area contributed by atoms with Crippen molar-refractivity contribution in [3.8, 4) is 5.88 Å². The van der Waals surface area contributed by atoms with Crippen LogP contribution in [0.4, 0.5) is 8.78 Å². The number of nitrogens with zero attached hydrogens (tertiary/aromatic N) is 1. The van der Waals surface area contributed by atoms with E-state index in [-0.39, 0.29) is 36.7 Å². The molecule has 5 nitrogen and oxygen atoms in total. The summed E-state index contributed by atoms with van der Waals surface area (Å²) in [5.74, 6) is -0.128. The van der Waals surface area contributed by atoms with Crippen LogP contribution in [0.3, 0.4) is 0 Å². The molecule has 1 rings (SSSR count). The number of nitrogens with two attached hydrogens (primary N) is 1. The van der Waals surface area contributed by atoms with Gasteiger partial charge in [0, 0.05) is 18.3 Å². The van der Waals surface area contributed by atoms with E-state index in [9.17, 15) is 13.6 Å². The first-order valence-corrected chi connectivity index (χ1v) is 6.83. The number of halogens is 3. The van der Waals surface area contributed by atoms with Gasteiger partial charge in [-0.1, -0.05) is 26.3 Å². The van der Waals surface area contributed by atoms with Crippen molar-refractivity contribution in [2.45, 2.75) is 39.3 Å². The molecule has 0 saturated heterocycles. The number of alkyl halides is 2. The van der Waals surface area contributed by atoms with Crippen molar-refractivity contribution in [1.82, 2.24) is 10.3 Å². The van der Waals surface area contributed by atoms with Crippen molar-refractivity contribution in [2.24, 2.45) is 11.7 Å². The monoisotopic (exact) mass is 337 g/mol. The summed E-state index contributed by atoms with van der Waals surface area (Å²) in [5.41, 5.74) is 6.34. The molecule has 8 heteroatoms. The Morgan fingerprint density at radius 1 is 1.50 bits per heavy atom. The van der Waals surface area contributed by atoms with E-state index < -0.39 is 19.1 Å². The summed E-state index contributed by atoms with van der Waals surface area (Å²) in [5, 5.41) is 2.67. The number of hydrogen-bond donors (Lipinski definition) is 2. The van der Waals surface area contributed by atoms with Crippen LogP contribution in [-0.2, 0) is 11.3 Å². The summed E-state index contributed by atoms with van der Waals surface area (Å²) in [4.78, 5) is 15.8. The van der Waals surface area contributed by atoms with Crippen molar-refractivity contribution in [3.63, 3.8) is 0 Å². The average molecular weight is 338 g/mol. The lowest BCUT2D eigenvalue weighted by molar-refractivity contribution is -0.123. The van der Waals surface area contributed by atoms with Crippen LogP contribution in [0.15, 0.2) is 18.3 Å². The van der Waals surface area contributed by atoms with Gasteiger partial charge in [-0.3, -0.25) is 4.79 Å². The molecule has 2 atom stereocenters. The average Bonchev–Trinajstić information content (AvgIpc) is 2.49. The minimum atomic E-state index is -2.58. The molecule has 0 spiro atoms. The zero-order valence-electron chi connectivity index (χ0n) is 12.6. The van der Waals surface area contributed by atoms with E-state index >= 15 is 0 Å². The molecule has 22 heavy (non-hydrogen) atoms. The predicted octanol–water partition coefficient (Wildman–Crippen LogP) is 2.14. The molecule has 0 aromatic carbocycles. The molecule has 1 heterocycles. The number of amides is 1. The van der Waals surface area contributed by atoms with E-state index in [0.717, 1.165) is 6.42 Å². The van der Waals surface area contributed by atoms with Crippen molar-refractivity contribution in [3.05, 3.63) is 23.9 Å². The highest BCUT2D eigenvalue weighted by molar-refractivity contribution is 5.85. The Balaban J connectivity index is 0.00000441. The normalized spacial score (nSPS) is 13.2. The summed E-state index contributed by atoms with van der Waals surface area (Å²) in [7, 11) is 0. The Hall–Kier alpha value is -1.47. The lowest BCUT2D eigenvalue weighted by Gasteiger charge is -2.18. The summed E-state index contributed by atoms with van der Waals surface area (Å²) >= 11 is 0. The third kappa shape index (κ3) is 6.53. The number of ether oxygens (including phenoxy) is 1. The number of carbonyl (C=O) groups excluding carboxylic acids is 1. The van der Waals surface area contributed by atoms with Gasteiger partial charge in [0.1, 0.15) is 0 Å². The van der Waals surface area contributed by atoms with Gasteiger partial charge in [0.15, 0.2) is 6.61 Å². The van der Waals surface area contributed by atoms with Crippen molar-refractivity contribution in [2.75, 3.05) is 6.61 Å². The Morgan fingerprint density at radius 3 is 2.77 bits per heavy atom. The zero-order chi connectivity index (χ0) is 15.8. The first kappa shape index (κ1) is 20.5.